The standard InChI is InChI=1S/C24H18INO2SeSi/c1-14-12-17(25)23(29-14)22-20(28)11-10-19-24(22)30(2,16-6-4-3-5-7-16)21-13-15(27)8-9-18(21)26-19/h3-13,28H,1-2H3. The summed E-state index contributed by atoms with van der Waals surface area (Å²) in [6.45, 7) is 4.43. The molecule has 1 aliphatic carbocycles. The van der Waals surface area contributed by atoms with Gasteiger partial charge in [0.2, 0.25) is 0 Å². The molecule has 1 aromatic heterocycles. The number of hydrogen-bond donors (Lipinski definition) is 1. The summed E-state index contributed by atoms with van der Waals surface area (Å²) in [4.78, 5) is 17.3. The van der Waals surface area contributed by atoms with E-state index >= 15 is 0 Å². The molecule has 1 N–H and O–H groups in total. The molecule has 0 fully saturated rings. The molecule has 2 aliphatic rings. The van der Waals surface area contributed by atoms with Crippen LogP contribution in [0.25, 0.3) is 10.0 Å². The number of benzene rings is 2. The van der Waals surface area contributed by atoms with Crippen molar-refractivity contribution in [2.45, 2.75) is 13.5 Å². The monoisotopic (exact) mass is 587 g/mol. The van der Waals surface area contributed by atoms with Gasteiger partial charge in [0.15, 0.2) is 0 Å². The molecule has 2 aromatic carbocycles. The topological polar surface area (TPSA) is 49.7 Å². The van der Waals surface area contributed by atoms with Gasteiger partial charge in [0.05, 0.1) is 0 Å². The van der Waals surface area contributed by atoms with E-state index in [0.717, 1.165) is 27.3 Å². The Balaban J connectivity index is 1.94. The SMILES string of the molecule is Cc1cc(I)c(-c2c(O)ccc3c2[Si](C)(c2ccccc2)C2=CC(=O)C=CC2=N3)[se]1. The molecule has 1 aliphatic heterocycles. The first-order valence-electron chi connectivity index (χ1n) is 9.61. The Kier molecular flexibility index (Phi) is 4.85. The van der Waals surface area contributed by atoms with E-state index in [-0.39, 0.29) is 20.3 Å². The fourth-order valence-corrected chi connectivity index (χ4v) is 12.6. The fourth-order valence-electron chi connectivity index (χ4n) is 4.41. The molecule has 3 nitrogen and oxygen atoms in total. The Morgan fingerprint density at radius 1 is 1.10 bits per heavy atom. The number of carbonyl (C=O) groups is 1. The van der Waals surface area contributed by atoms with Gasteiger partial charge in [-0.1, -0.05) is 0 Å². The van der Waals surface area contributed by atoms with Gasteiger partial charge in [-0.05, 0) is 0 Å². The van der Waals surface area contributed by atoms with Crippen molar-refractivity contribution in [2.24, 2.45) is 4.99 Å². The summed E-state index contributed by atoms with van der Waals surface area (Å²) >= 11 is 2.54. The number of rotatable bonds is 2. The molecule has 0 bridgehead atoms. The predicted molar refractivity (Wildman–Crippen MR) is 135 cm³/mol. The van der Waals surface area contributed by atoms with Gasteiger partial charge in [-0.2, -0.15) is 0 Å². The van der Waals surface area contributed by atoms with Crippen molar-refractivity contribution in [3.8, 4) is 15.8 Å². The minimum absolute atomic E-state index is 0.000140. The average Bonchev–Trinajstić information content (AvgIpc) is 3.07. The van der Waals surface area contributed by atoms with Crippen LogP contribution in [0.5, 0.6) is 5.75 Å². The molecule has 1 atom stereocenters. The number of fused-ring (bicyclic) bond motifs is 2. The van der Waals surface area contributed by atoms with Gasteiger partial charge in [0.1, 0.15) is 0 Å². The van der Waals surface area contributed by atoms with Crippen LogP contribution in [0.2, 0.25) is 6.55 Å². The van der Waals surface area contributed by atoms with E-state index in [1.807, 2.05) is 18.2 Å². The van der Waals surface area contributed by atoms with Gasteiger partial charge >= 0.3 is 197 Å². The van der Waals surface area contributed by atoms with Gasteiger partial charge in [0, 0.05) is 0 Å². The van der Waals surface area contributed by atoms with Crippen molar-refractivity contribution >= 4 is 72.7 Å². The van der Waals surface area contributed by atoms with Crippen molar-refractivity contribution in [1.29, 1.82) is 0 Å². The molecule has 30 heavy (non-hydrogen) atoms. The normalized spacial score (nSPS) is 19.8. The molecule has 148 valence electrons. The number of ketones is 1. The van der Waals surface area contributed by atoms with E-state index in [1.54, 1.807) is 18.2 Å². The number of phenolic OH excluding ortho intramolecular Hbond substituents is 1. The van der Waals surface area contributed by atoms with E-state index in [0.29, 0.717) is 5.75 Å². The van der Waals surface area contributed by atoms with Crippen molar-refractivity contribution < 1.29 is 9.90 Å². The Morgan fingerprint density at radius 3 is 2.57 bits per heavy atom. The first-order chi connectivity index (χ1) is 14.4. The van der Waals surface area contributed by atoms with E-state index in [2.05, 4.69) is 66.4 Å². The maximum absolute atomic E-state index is 12.4. The summed E-state index contributed by atoms with van der Waals surface area (Å²) in [6, 6.07) is 16.3. The Labute approximate surface area is 195 Å². The molecule has 5 rings (SSSR count). The molecule has 6 heteroatoms. The van der Waals surface area contributed by atoms with Crippen LogP contribution in [0.1, 0.15) is 4.44 Å². The molecular weight excluding hydrogens is 568 g/mol. The molecule has 2 heterocycles. The van der Waals surface area contributed by atoms with E-state index < -0.39 is 8.07 Å². The molecular formula is C24H18INO2SeSi. The number of nitrogens with zero attached hydrogens (tertiary/aromatic N) is 1. The maximum atomic E-state index is 12.4. The third-order valence-electron chi connectivity index (χ3n) is 5.80. The molecule has 0 amide bonds. The number of aromatic hydroxyl groups is 1. The van der Waals surface area contributed by atoms with Gasteiger partial charge in [-0.15, -0.1) is 0 Å². The number of carbonyl (C=O) groups excluding carboxylic acids is 1. The predicted octanol–water partition coefficient (Wildman–Crippen LogP) is 3.91. The van der Waals surface area contributed by atoms with Crippen molar-refractivity contribution in [3.63, 3.8) is 0 Å². The van der Waals surface area contributed by atoms with Crippen LogP contribution in [0.15, 0.2) is 76.9 Å². The Bertz CT molecular complexity index is 1310. The Hall–Kier alpha value is -1.99. The quantitative estimate of drug-likeness (QED) is 0.282. The third-order valence-corrected chi connectivity index (χ3v) is 14.2. The number of halogens is 1. The number of hydrogen-bond acceptors (Lipinski definition) is 3. The van der Waals surface area contributed by atoms with Gasteiger partial charge in [0.25, 0.3) is 0 Å². The fraction of sp³-hybridized carbons (Fsp3) is 0.0833. The van der Waals surface area contributed by atoms with Crippen LogP contribution < -0.4 is 10.4 Å². The number of aryl methyl sites for hydroxylation is 1. The number of phenols is 1. The minimum atomic E-state index is -2.58. The van der Waals surface area contributed by atoms with Crippen molar-refractivity contribution in [1.82, 2.24) is 0 Å². The molecule has 0 radical (unpaired) electrons. The molecule has 1 unspecified atom stereocenters. The zero-order chi connectivity index (χ0) is 21.0. The first kappa shape index (κ1) is 19.9. The average molecular weight is 586 g/mol. The van der Waals surface area contributed by atoms with Crippen molar-refractivity contribution in [3.05, 3.63) is 80.0 Å². The number of allylic oxidation sites excluding steroid dienone is 4. The van der Waals surface area contributed by atoms with E-state index in [1.165, 1.54) is 17.6 Å². The van der Waals surface area contributed by atoms with Gasteiger partial charge < -0.3 is 0 Å². The summed E-state index contributed by atoms with van der Waals surface area (Å²) in [5, 5.41) is 14.4. The summed E-state index contributed by atoms with van der Waals surface area (Å²) in [6.07, 6.45) is 5.19. The number of aliphatic imine (C=N–C) groups is 1. The van der Waals surface area contributed by atoms with E-state index in [4.69, 9.17) is 4.99 Å². The van der Waals surface area contributed by atoms with E-state index in [9.17, 15) is 9.90 Å². The Morgan fingerprint density at radius 2 is 1.87 bits per heavy atom. The van der Waals surface area contributed by atoms with Crippen molar-refractivity contribution in [2.75, 3.05) is 0 Å². The zero-order valence-corrected chi connectivity index (χ0v) is 21.3. The molecule has 3 aromatic rings. The molecule has 0 spiro atoms. The van der Waals surface area contributed by atoms with Crippen LogP contribution >= 0.6 is 22.6 Å². The van der Waals surface area contributed by atoms with Gasteiger partial charge in [-0.3, -0.25) is 0 Å². The third kappa shape index (κ3) is 2.97. The second kappa shape index (κ2) is 7.30. The van der Waals surface area contributed by atoms with Crippen LogP contribution in [-0.2, 0) is 4.79 Å². The summed E-state index contributed by atoms with van der Waals surface area (Å²) in [5.41, 5.74) is 2.70. The van der Waals surface area contributed by atoms with Crippen LogP contribution in [0.3, 0.4) is 0 Å². The molecule has 0 saturated heterocycles. The first-order valence-corrected chi connectivity index (χ1v) is 14.9. The summed E-state index contributed by atoms with van der Waals surface area (Å²) in [7, 11) is -2.58. The second-order valence-electron chi connectivity index (χ2n) is 7.67. The van der Waals surface area contributed by atoms with Crippen LogP contribution in [0.4, 0.5) is 5.69 Å². The zero-order valence-electron chi connectivity index (χ0n) is 16.4. The summed E-state index contributed by atoms with van der Waals surface area (Å²) in [5.74, 6) is 0.301. The van der Waals surface area contributed by atoms with Crippen LogP contribution in [0, 0.1) is 10.5 Å². The summed E-state index contributed by atoms with van der Waals surface area (Å²) < 4.78 is 3.74. The molecule has 0 saturated carbocycles. The van der Waals surface area contributed by atoms with Gasteiger partial charge in [-0.25, -0.2) is 0 Å². The van der Waals surface area contributed by atoms with Crippen LogP contribution in [-0.4, -0.2) is 39.2 Å². The second-order valence-corrected chi connectivity index (χ2v) is 15.3.